The maximum Gasteiger partial charge on any atom is 0.246 e. The molecule has 1 aromatic heterocycles. The molecule has 2 aliphatic rings. The summed E-state index contributed by atoms with van der Waals surface area (Å²) in [5.41, 5.74) is 6.42. The molecule has 4 aromatic rings. The molecular formula is C31H31N3O3. The number of H-pyrrole nitrogens is 1. The second-order valence-electron chi connectivity index (χ2n) is 10.4. The molecule has 0 saturated carbocycles. The number of fused-ring (bicyclic) bond motifs is 4. The van der Waals surface area contributed by atoms with Crippen molar-refractivity contribution in [3.8, 4) is 5.75 Å². The summed E-state index contributed by atoms with van der Waals surface area (Å²) in [7, 11) is 1.63. The van der Waals surface area contributed by atoms with Crippen LogP contribution in [0.2, 0.25) is 0 Å². The molecule has 0 spiro atoms. The Morgan fingerprint density at radius 1 is 0.973 bits per heavy atom. The summed E-state index contributed by atoms with van der Waals surface area (Å²) < 4.78 is 5.26. The zero-order valence-corrected chi connectivity index (χ0v) is 21.4. The van der Waals surface area contributed by atoms with Crippen molar-refractivity contribution in [1.82, 2.24) is 14.8 Å². The number of carbonyl (C=O) groups excluding carboxylic acids is 2. The summed E-state index contributed by atoms with van der Waals surface area (Å²) >= 11 is 0. The zero-order valence-electron chi connectivity index (χ0n) is 21.4. The number of nitrogens with zero attached hydrogens (tertiary/aromatic N) is 2. The summed E-state index contributed by atoms with van der Waals surface area (Å²) in [5.74, 6) is 1.15. The van der Waals surface area contributed by atoms with Crippen molar-refractivity contribution in [3.05, 3.63) is 101 Å². The number of methoxy groups -OCH3 is 1. The largest absolute Gasteiger partial charge is 0.497 e. The summed E-state index contributed by atoms with van der Waals surface area (Å²) in [6.45, 7) is 4.81. The third-order valence-electron chi connectivity index (χ3n) is 7.79. The summed E-state index contributed by atoms with van der Waals surface area (Å²) in [4.78, 5) is 34.8. The maximum absolute atomic E-state index is 13.9. The standard InChI is InChI=1S/C31H31N3O3/c1-19(2)21-10-12-22(13-11-21)30-29-25(24-6-4-5-7-26(24)32-29)16-27-31(36)33(18-28(35)34(27)30)17-20-8-14-23(37-3)15-9-20/h4-15,19,27,30,32H,16-18H2,1-3H3/t27-,30+/m0/s1. The summed E-state index contributed by atoms with van der Waals surface area (Å²) in [5, 5.41) is 1.12. The van der Waals surface area contributed by atoms with Crippen LogP contribution in [-0.4, -0.2) is 46.3 Å². The van der Waals surface area contributed by atoms with E-state index in [0.29, 0.717) is 18.9 Å². The number of carbonyl (C=O) groups is 2. The van der Waals surface area contributed by atoms with E-state index in [1.807, 2.05) is 41.3 Å². The molecule has 188 valence electrons. The van der Waals surface area contributed by atoms with Crippen LogP contribution in [0.1, 0.15) is 53.8 Å². The van der Waals surface area contributed by atoms with E-state index in [1.54, 1.807) is 12.0 Å². The lowest BCUT2D eigenvalue weighted by atomic mass is 9.85. The predicted octanol–water partition coefficient (Wildman–Crippen LogP) is 5.19. The highest BCUT2D eigenvalue weighted by Crippen LogP contribution is 2.42. The number of rotatable bonds is 5. The Hall–Kier alpha value is -4.06. The summed E-state index contributed by atoms with van der Waals surface area (Å²) in [6, 6.07) is 23.5. The maximum atomic E-state index is 13.9. The Morgan fingerprint density at radius 2 is 1.70 bits per heavy atom. The van der Waals surface area contributed by atoms with Gasteiger partial charge in [-0.3, -0.25) is 9.59 Å². The minimum Gasteiger partial charge on any atom is -0.497 e. The van der Waals surface area contributed by atoms with Gasteiger partial charge < -0.3 is 19.5 Å². The van der Waals surface area contributed by atoms with E-state index < -0.39 is 6.04 Å². The van der Waals surface area contributed by atoms with Crippen LogP contribution in [0, 0.1) is 0 Å². The van der Waals surface area contributed by atoms with E-state index in [9.17, 15) is 9.59 Å². The second-order valence-corrected chi connectivity index (χ2v) is 10.4. The number of nitrogens with one attached hydrogen (secondary N) is 1. The van der Waals surface area contributed by atoms with Gasteiger partial charge in [-0.05, 0) is 46.4 Å². The topological polar surface area (TPSA) is 65.6 Å². The van der Waals surface area contributed by atoms with Gasteiger partial charge in [0.1, 0.15) is 18.3 Å². The van der Waals surface area contributed by atoms with Gasteiger partial charge in [0.15, 0.2) is 0 Å². The number of hydrogen-bond donors (Lipinski definition) is 1. The van der Waals surface area contributed by atoms with Crippen LogP contribution < -0.4 is 4.74 Å². The van der Waals surface area contributed by atoms with Crippen molar-refractivity contribution >= 4 is 22.7 Å². The minimum atomic E-state index is -0.541. The van der Waals surface area contributed by atoms with Gasteiger partial charge in [0.05, 0.1) is 13.2 Å². The van der Waals surface area contributed by atoms with Crippen molar-refractivity contribution in [2.45, 2.75) is 44.8 Å². The molecule has 37 heavy (non-hydrogen) atoms. The van der Waals surface area contributed by atoms with Gasteiger partial charge in [0.2, 0.25) is 11.8 Å². The number of ether oxygens (including phenoxy) is 1. The van der Waals surface area contributed by atoms with E-state index >= 15 is 0 Å². The first kappa shape index (κ1) is 23.3. The van der Waals surface area contributed by atoms with Gasteiger partial charge in [0, 0.05) is 29.6 Å². The molecule has 1 fully saturated rings. The predicted molar refractivity (Wildman–Crippen MR) is 143 cm³/mol. The van der Waals surface area contributed by atoms with Crippen molar-refractivity contribution in [2.75, 3.05) is 13.7 Å². The lowest BCUT2D eigenvalue weighted by Crippen LogP contribution is -2.62. The molecule has 0 aliphatic carbocycles. The molecule has 1 saturated heterocycles. The molecule has 6 rings (SSSR count). The van der Waals surface area contributed by atoms with Gasteiger partial charge in [-0.15, -0.1) is 0 Å². The van der Waals surface area contributed by atoms with Gasteiger partial charge in [-0.1, -0.05) is 68.4 Å². The van der Waals surface area contributed by atoms with Gasteiger partial charge in [-0.25, -0.2) is 0 Å². The van der Waals surface area contributed by atoms with Crippen LogP contribution in [0.15, 0.2) is 72.8 Å². The van der Waals surface area contributed by atoms with Crippen molar-refractivity contribution in [3.63, 3.8) is 0 Å². The SMILES string of the molecule is COc1ccc(CN2CC(=O)N3[C@H](c4ccc(C(C)C)cc4)c4[nH]c5ccccc5c4C[C@H]3C2=O)cc1. The smallest absolute Gasteiger partial charge is 0.246 e. The Labute approximate surface area is 216 Å². The van der Waals surface area contributed by atoms with E-state index in [2.05, 4.69) is 55.2 Å². The highest BCUT2D eigenvalue weighted by Gasteiger charge is 2.48. The molecule has 0 unspecified atom stereocenters. The van der Waals surface area contributed by atoms with Crippen LogP contribution in [0.3, 0.4) is 0 Å². The quantitative estimate of drug-likeness (QED) is 0.416. The molecule has 6 heteroatoms. The van der Waals surface area contributed by atoms with Gasteiger partial charge >= 0.3 is 0 Å². The molecule has 2 amide bonds. The fraction of sp³-hybridized carbons (Fsp3) is 0.290. The fourth-order valence-corrected chi connectivity index (χ4v) is 5.82. The monoisotopic (exact) mass is 493 g/mol. The van der Waals surface area contributed by atoms with Crippen LogP contribution >= 0.6 is 0 Å². The second kappa shape index (κ2) is 9.11. The molecule has 0 bridgehead atoms. The Kier molecular flexibility index (Phi) is 5.75. The van der Waals surface area contributed by atoms with Crippen LogP contribution in [-0.2, 0) is 22.6 Å². The zero-order chi connectivity index (χ0) is 25.7. The highest BCUT2D eigenvalue weighted by molar-refractivity contribution is 5.97. The number of para-hydroxylation sites is 1. The third kappa shape index (κ3) is 3.97. The first-order valence-corrected chi connectivity index (χ1v) is 12.9. The first-order chi connectivity index (χ1) is 17.9. The minimum absolute atomic E-state index is 0.00449. The van der Waals surface area contributed by atoms with E-state index in [4.69, 9.17) is 4.74 Å². The third-order valence-corrected chi connectivity index (χ3v) is 7.79. The van der Waals surface area contributed by atoms with Crippen LogP contribution in [0.4, 0.5) is 0 Å². The van der Waals surface area contributed by atoms with Crippen molar-refractivity contribution < 1.29 is 14.3 Å². The molecule has 2 atom stereocenters. The molecule has 2 aliphatic heterocycles. The number of amides is 2. The molecule has 3 heterocycles. The Bertz CT molecular complexity index is 1470. The molecule has 0 radical (unpaired) electrons. The van der Waals surface area contributed by atoms with Gasteiger partial charge in [0.25, 0.3) is 0 Å². The van der Waals surface area contributed by atoms with E-state index in [-0.39, 0.29) is 24.4 Å². The number of hydrogen-bond acceptors (Lipinski definition) is 3. The fourth-order valence-electron chi connectivity index (χ4n) is 5.82. The molecule has 1 N–H and O–H groups in total. The molecule has 6 nitrogen and oxygen atoms in total. The summed E-state index contributed by atoms with van der Waals surface area (Å²) in [6.07, 6.45) is 0.504. The average Bonchev–Trinajstić information content (AvgIpc) is 3.29. The highest BCUT2D eigenvalue weighted by atomic mass is 16.5. The number of piperazine rings is 1. The number of aromatic amines is 1. The van der Waals surface area contributed by atoms with Crippen LogP contribution in [0.25, 0.3) is 10.9 Å². The van der Waals surface area contributed by atoms with Crippen molar-refractivity contribution in [1.29, 1.82) is 0 Å². The lowest BCUT2D eigenvalue weighted by Gasteiger charge is -2.47. The Morgan fingerprint density at radius 3 is 2.41 bits per heavy atom. The molecule has 3 aromatic carbocycles. The van der Waals surface area contributed by atoms with Crippen LogP contribution in [0.5, 0.6) is 5.75 Å². The van der Waals surface area contributed by atoms with Gasteiger partial charge in [-0.2, -0.15) is 0 Å². The van der Waals surface area contributed by atoms with E-state index in [0.717, 1.165) is 39.0 Å². The number of benzene rings is 3. The lowest BCUT2D eigenvalue weighted by molar-refractivity contribution is -0.159. The van der Waals surface area contributed by atoms with E-state index in [1.165, 1.54) is 5.56 Å². The Balaban J connectivity index is 1.41. The van der Waals surface area contributed by atoms with Crippen molar-refractivity contribution in [2.24, 2.45) is 0 Å². The molecular weight excluding hydrogens is 462 g/mol. The average molecular weight is 494 g/mol. The normalized spacial score (nSPS) is 19.4. The number of aromatic nitrogens is 1. The first-order valence-electron chi connectivity index (χ1n) is 12.9.